The molecular weight excluding hydrogens is 763 g/mol. The zero-order chi connectivity index (χ0) is 40.1. The van der Waals surface area contributed by atoms with Crippen molar-refractivity contribution in [2.45, 2.75) is 0 Å². The summed E-state index contributed by atoms with van der Waals surface area (Å²) in [7, 11) is 5.57. The Labute approximate surface area is 346 Å². The first-order valence-corrected chi connectivity index (χ1v) is 20.4. The van der Waals surface area contributed by atoms with Crippen LogP contribution >= 0.6 is 11.3 Å². The van der Waals surface area contributed by atoms with Gasteiger partial charge >= 0.3 is 0 Å². The predicted molar refractivity (Wildman–Crippen MR) is 242 cm³/mol. The Hall–Kier alpha value is -7.83. The van der Waals surface area contributed by atoms with Gasteiger partial charge in [0.15, 0.2) is 0 Å². The summed E-state index contributed by atoms with van der Waals surface area (Å²) in [6.07, 6.45) is 0. The van der Waals surface area contributed by atoms with Crippen molar-refractivity contribution in [1.82, 2.24) is 50.0 Å². The number of aryl methyl sites for hydroxylation is 3. The maximum absolute atomic E-state index is 5.03. The normalized spacial score (nSPS) is 11.9. The van der Waals surface area contributed by atoms with E-state index in [-0.39, 0.29) is 0 Å². The summed E-state index contributed by atoms with van der Waals surface area (Å²) < 4.78 is 1.17. The lowest BCUT2D eigenvalue weighted by molar-refractivity contribution is 0.665. The van der Waals surface area contributed by atoms with E-state index in [1.807, 2.05) is 39.3 Å². The summed E-state index contributed by atoms with van der Waals surface area (Å²) in [5, 5.41) is 35.3. The largest absolute Gasteiger partial charge is 0.304 e. The minimum Gasteiger partial charge on any atom is -0.304 e. The standard InChI is InChI=1S/C48H33N11S/c1-56-50-38-12-8-13-39(45(38)53-56)59(41-24-22-36(44-47(41)55-58(3)52-44)33-20-19-32-25-30-9-4-5-10-31(30)26-34(32)27-33)40-23-21-35(43-46(40)54-57(2)51-43)28-15-17-29(18-16-28)48-49-37-11-6-7-14-42(37)60-48/h4-27H,1-3H3. The molecule has 0 bridgehead atoms. The lowest BCUT2D eigenvalue weighted by atomic mass is 9.97. The van der Waals surface area contributed by atoms with Crippen molar-refractivity contribution in [1.29, 1.82) is 0 Å². The predicted octanol–water partition coefficient (Wildman–Crippen LogP) is 10.9. The monoisotopic (exact) mass is 795 g/mol. The number of aromatic nitrogens is 10. The fourth-order valence-corrected chi connectivity index (χ4v) is 9.45. The van der Waals surface area contributed by atoms with Crippen LogP contribution < -0.4 is 4.90 Å². The minimum atomic E-state index is 0.731. The SMILES string of the molecule is Cn1nc2cccc(N(c3ccc(-c4ccc(-c5nc6ccccc6s5)cc4)c4nn(C)nc34)c3ccc(-c4ccc5cc6ccccc6cc5c4)c4nn(C)nc34)c2n1. The molecule has 12 aromatic rings. The molecule has 0 N–H and O–H groups in total. The zero-order valence-corrected chi connectivity index (χ0v) is 33.5. The second kappa shape index (κ2) is 13.1. The molecule has 0 radical (unpaired) electrons. The van der Waals surface area contributed by atoms with Gasteiger partial charge in [-0.1, -0.05) is 78.9 Å². The summed E-state index contributed by atoms with van der Waals surface area (Å²) >= 11 is 1.70. The second-order valence-electron chi connectivity index (χ2n) is 15.0. The first kappa shape index (κ1) is 34.2. The molecule has 0 spiro atoms. The van der Waals surface area contributed by atoms with Gasteiger partial charge in [-0.2, -0.15) is 45.0 Å². The van der Waals surface area contributed by atoms with Gasteiger partial charge in [-0.15, -0.1) is 11.3 Å². The third kappa shape index (κ3) is 5.45. The zero-order valence-electron chi connectivity index (χ0n) is 32.7. The Morgan fingerprint density at radius 3 is 1.65 bits per heavy atom. The Morgan fingerprint density at radius 2 is 0.933 bits per heavy atom. The van der Waals surface area contributed by atoms with Crippen LogP contribution in [0.5, 0.6) is 0 Å². The molecule has 11 nitrogen and oxygen atoms in total. The van der Waals surface area contributed by atoms with Gasteiger partial charge in [-0.25, -0.2) is 4.98 Å². The van der Waals surface area contributed by atoms with Gasteiger partial charge in [0.25, 0.3) is 0 Å². The molecule has 0 saturated heterocycles. The van der Waals surface area contributed by atoms with Crippen molar-refractivity contribution < 1.29 is 0 Å². The smallest absolute Gasteiger partial charge is 0.137 e. The van der Waals surface area contributed by atoms with E-state index in [1.165, 1.54) is 26.2 Å². The Bertz CT molecular complexity index is 3640. The van der Waals surface area contributed by atoms with Gasteiger partial charge < -0.3 is 4.90 Å². The van der Waals surface area contributed by atoms with E-state index < -0.39 is 0 Å². The number of fused-ring (bicyclic) bond motifs is 6. The third-order valence-electron chi connectivity index (χ3n) is 11.2. The average Bonchev–Trinajstić information content (AvgIpc) is 4.07. The van der Waals surface area contributed by atoms with Gasteiger partial charge in [-0.3, -0.25) is 0 Å². The minimum absolute atomic E-state index is 0.731. The van der Waals surface area contributed by atoms with E-state index in [4.69, 9.17) is 30.5 Å². The first-order chi connectivity index (χ1) is 29.4. The van der Waals surface area contributed by atoms with Crippen molar-refractivity contribution in [3.63, 3.8) is 0 Å². The average molecular weight is 796 g/mol. The van der Waals surface area contributed by atoms with E-state index >= 15 is 0 Å². The summed E-state index contributed by atoms with van der Waals surface area (Å²) in [5.41, 5.74) is 13.2. The molecule has 12 rings (SSSR count). The molecule has 286 valence electrons. The number of thiazole rings is 1. The number of rotatable bonds is 6. The van der Waals surface area contributed by atoms with Crippen molar-refractivity contribution >= 4 is 93.3 Å². The van der Waals surface area contributed by atoms with Crippen LogP contribution in [0.25, 0.3) is 97.7 Å². The van der Waals surface area contributed by atoms with Gasteiger partial charge in [0.1, 0.15) is 38.1 Å². The highest BCUT2D eigenvalue weighted by Gasteiger charge is 2.27. The van der Waals surface area contributed by atoms with Crippen LogP contribution in [-0.4, -0.2) is 50.0 Å². The quantitative estimate of drug-likeness (QED) is 0.153. The number of nitrogens with zero attached hydrogens (tertiary/aromatic N) is 11. The Balaban J connectivity index is 1.03. The molecule has 0 aliphatic carbocycles. The number of anilines is 3. The highest BCUT2D eigenvalue weighted by molar-refractivity contribution is 7.21. The van der Waals surface area contributed by atoms with E-state index in [0.29, 0.717) is 0 Å². The van der Waals surface area contributed by atoms with E-state index in [0.717, 1.165) is 88.5 Å². The summed E-state index contributed by atoms with van der Waals surface area (Å²) in [6.45, 7) is 0. The van der Waals surface area contributed by atoms with Crippen LogP contribution in [0.2, 0.25) is 0 Å². The van der Waals surface area contributed by atoms with Crippen LogP contribution in [0, 0.1) is 0 Å². The molecule has 12 heteroatoms. The number of para-hydroxylation sites is 1. The fraction of sp³-hybridized carbons (Fsp3) is 0.0625. The number of benzene rings is 8. The van der Waals surface area contributed by atoms with Crippen molar-refractivity contribution in [3.8, 4) is 32.8 Å². The molecule has 0 aliphatic rings. The van der Waals surface area contributed by atoms with Crippen molar-refractivity contribution in [2.24, 2.45) is 21.1 Å². The molecular formula is C48H33N11S. The first-order valence-electron chi connectivity index (χ1n) is 19.6. The molecule has 0 fully saturated rings. The molecule has 0 unspecified atom stereocenters. The molecule has 60 heavy (non-hydrogen) atoms. The van der Waals surface area contributed by atoms with Crippen LogP contribution in [-0.2, 0) is 21.1 Å². The number of hydrogen-bond donors (Lipinski definition) is 0. The molecule has 4 aromatic heterocycles. The summed E-state index contributed by atoms with van der Waals surface area (Å²) in [6, 6.07) is 51.0. The van der Waals surface area contributed by atoms with Gasteiger partial charge in [-0.05, 0) is 99.4 Å². The van der Waals surface area contributed by atoms with Gasteiger partial charge in [0, 0.05) is 37.8 Å². The number of hydrogen-bond acceptors (Lipinski definition) is 9. The lowest BCUT2D eigenvalue weighted by Crippen LogP contribution is -2.12. The summed E-state index contributed by atoms with van der Waals surface area (Å²) in [5.74, 6) is 0. The van der Waals surface area contributed by atoms with Crippen LogP contribution in [0.4, 0.5) is 17.1 Å². The van der Waals surface area contributed by atoms with Crippen molar-refractivity contribution in [2.75, 3.05) is 4.90 Å². The molecule has 0 amide bonds. The Kier molecular flexibility index (Phi) is 7.47. The highest BCUT2D eigenvalue weighted by atomic mass is 32.1. The van der Waals surface area contributed by atoms with Gasteiger partial charge in [0.05, 0.1) is 27.3 Å². The lowest BCUT2D eigenvalue weighted by Gasteiger charge is -2.26. The molecule has 4 heterocycles. The molecule has 0 aliphatic heterocycles. The topological polar surface area (TPSA) is 108 Å². The Morgan fingerprint density at radius 1 is 0.400 bits per heavy atom. The highest BCUT2D eigenvalue weighted by Crippen LogP contribution is 2.46. The fourth-order valence-electron chi connectivity index (χ4n) is 8.48. The maximum Gasteiger partial charge on any atom is 0.137 e. The van der Waals surface area contributed by atoms with Crippen LogP contribution in [0.1, 0.15) is 0 Å². The van der Waals surface area contributed by atoms with E-state index in [9.17, 15) is 0 Å². The van der Waals surface area contributed by atoms with Crippen LogP contribution in [0.3, 0.4) is 0 Å². The summed E-state index contributed by atoms with van der Waals surface area (Å²) in [4.78, 5) is 12.0. The third-order valence-corrected chi connectivity index (χ3v) is 12.3. The molecule has 0 atom stereocenters. The van der Waals surface area contributed by atoms with Crippen LogP contribution in [0.15, 0.2) is 146 Å². The maximum atomic E-state index is 5.03. The second-order valence-corrected chi connectivity index (χ2v) is 16.1. The van der Waals surface area contributed by atoms with Crippen molar-refractivity contribution in [3.05, 3.63) is 146 Å². The molecule has 8 aromatic carbocycles. The molecule has 0 saturated carbocycles. The van der Waals surface area contributed by atoms with E-state index in [1.54, 1.807) is 25.7 Å². The van der Waals surface area contributed by atoms with Gasteiger partial charge in [0.2, 0.25) is 0 Å². The van der Waals surface area contributed by atoms with E-state index in [2.05, 4.69) is 137 Å².